The zero-order valence-corrected chi connectivity index (χ0v) is 9.23. The van der Waals surface area contributed by atoms with Gasteiger partial charge in [0.1, 0.15) is 5.52 Å². The van der Waals surface area contributed by atoms with Gasteiger partial charge in [-0.3, -0.25) is 4.98 Å². The molecule has 2 heterocycles. The van der Waals surface area contributed by atoms with Gasteiger partial charge in [0.05, 0.1) is 22.2 Å². The van der Waals surface area contributed by atoms with Gasteiger partial charge in [-0.2, -0.15) is 0 Å². The van der Waals surface area contributed by atoms with Crippen molar-refractivity contribution in [3.63, 3.8) is 0 Å². The lowest BCUT2D eigenvalue weighted by atomic mass is 10.2. The summed E-state index contributed by atoms with van der Waals surface area (Å²) in [7, 11) is 0. The Morgan fingerprint density at radius 3 is 2.19 bits per heavy atom. The molecule has 0 saturated carbocycles. The van der Waals surface area contributed by atoms with E-state index in [0.717, 1.165) is 33.3 Å². The topological polar surface area (TPSA) is 38.7 Å². The van der Waals surface area contributed by atoms with Crippen LogP contribution in [0, 0.1) is 13.8 Å². The first-order chi connectivity index (χ1) is 7.75. The summed E-state index contributed by atoms with van der Waals surface area (Å²) in [6.45, 7) is 3.98. The van der Waals surface area contributed by atoms with Gasteiger partial charge in [0.25, 0.3) is 0 Å². The van der Waals surface area contributed by atoms with E-state index in [2.05, 4.69) is 15.0 Å². The summed E-state index contributed by atoms with van der Waals surface area (Å²) >= 11 is 0. The Balaban J connectivity index is 2.56. The first-order valence-corrected chi connectivity index (χ1v) is 5.24. The van der Waals surface area contributed by atoms with Crippen molar-refractivity contribution in [3.05, 3.63) is 41.7 Å². The number of pyridine rings is 1. The van der Waals surface area contributed by atoms with Crippen molar-refractivity contribution in [1.29, 1.82) is 0 Å². The molecule has 0 unspecified atom stereocenters. The molecule has 0 N–H and O–H groups in total. The maximum absolute atomic E-state index is 4.64. The smallest absolute Gasteiger partial charge is 0.111 e. The minimum atomic E-state index is 0.902. The molecule has 0 fully saturated rings. The molecule has 1 aromatic carbocycles. The molecule has 0 bridgehead atoms. The van der Waals surface area contributed by atoms with Crippen LogP contribution in [0.3, 0.4) is 0 Å². The summed E-state index contributed by atoms with van der Waals surface area (Å²) < 4.78 is 0. The Hall–Kier alpha value is -2.03. The molecule has 0 radical (unpaired) electrons. The van der Waals surface area contributed by atoms with E-state index in [9.17, 15) is 0 Å². The van der Waals surface area contributed by atoms with Crippen LogP contribution in [-0.2, 0) is 0 Å². The van der Waals surface area contributed by atoms with Crippen LogP contribution in [0.1, 0.15) is 11.3 Å². The van der Waals surface area contributed by atoms with Crippen LogP contribution in [0.4, 0.5) is 0 Å². The van der Waals surface area contributed by atoms with Crippen LogP contribution < -0.4 is 0 Å². The number of nitrogens with zero attached hydrogens (tertiary/aromatic N) is 3. The maximum atomic E-state index is 4.64. The fourth-order valence-electron chi connectivity index (χ4n) is 1.84. The molecule has 0 spiro atoms. The average Bonchev–Trinajstić information content (AvgIpc) is 2.32. The summed E-state index contributed by atoms with van der Waals surface area (Å²) in [5, 5.41) is 0. The van der Waals surface area contributed by atoms with Crippen molar-refractivity contribution >= 4 is 22.1 Å². The number of para-hydroxylation sites is 2. The largest absolute Gasteiger partial charge is 0.259 e. The Labute approximate surface area is 93.2 Å². The van der Waals surface area contributed by atoms with Gasteiger partial charge >= 0.3 is 0 Å². The van der Waals surface area contributed by atoms with Crippen molar-refractivity contribution in [1.82, 2.24) is 15.0 Å². The number of hydrogen-bond donors (Lipinski definition) is 0. The lowest BCUT2D eigenvalue weighted by Gasteiger charge is -2.04. The highest BCUT2D eigenvalue weighted by Gasteiger charge is 2.06. The molecule has 0 aliphatic rings. The van der Waals surface area contributed by atoms with E-state index in [-0.39, 0.29) is 0 Å². The Kier molecular flexibility index (Phi) is 1.86. The van der Waals surface area contributed by atoms with Crippen molar-refractivity contribution < 1.29 is 0 Å². The normalized spacial score (nSPS) is 11.1. The number of fused-ring (bicyclic) bond motifs is 2. The summed E-state index contributed by atoms with van der Waals surface area (Å²) in [5.41, 5.74) is 5.71. The summed E-state index contributed by atoms with van der Waals surface area (Å²) in [4.78, 5) is 13.6. The molecule has 0 atom stereocenters. The number of hydrogen-bond acceptors (Lipinski definition) is 3. The highest BCUT2D eigenvalue weighted by molar-refractivity contribution is 5.88. The van der Waals surface area contributed by atoms with Crippen LogP contribution >= 0.6 is 0 Å². The molecule has 3 aromatic rings. The van der Waals surface area contributed by atoms with Crippen molar-refractivity contribution in [2.24, 2.45) is 0 Å². The highest BCUT2D eigenvalue weighted by atomic mass is 14.8. The van der Waals surface area contributed by atoms with Crippen LogP contribution in [0.15, 0.2) is 30.5 Å². The van der Waals surface area contributed by atoms with Gasteiger partial charge in [0, 0.05) is 6.20 Å². The number of rotatable bonds is 0. The molecular formula is C13H11N3. The molecule has 16 heavy (non-hydrogen) atoms. The zero-order chi connectivity index (χ0) is 11.1. The van der Waals surface area contributed by atoms with Gasteiger partial charge in [-0.25, -0.2) is 9.97 Å². The fraction of sp³-hybridized carbons (Fsp3) is 0.154. The molecule has 78 valence electrons. The standard InChI is InChI=1S/C13H11N3/c1-8-7-14-9(2)13-12(8)15-10-5-3-4-6-11(10)16-13/h3-7H,1-2H3. The third-order valence-corrected chi connectivity index (χ3v) is 2.74. The van der Waals surface area contributed by atoms with E-state index in [1.165, 1.54) is 0 Å². The first-order valence-electron chi connectivity index (χ1n) is 5.24. The van der Waals surface area contributed by atoms with Crippen molar-refractivity contribution in [2.75, 3.05) is 0 Å². The third kappa shape index (κ3) is 1.25. The predicted octanol–water partition coefficient (Wildman–Crippen LogP) is 2.79. The Morgan fingerprint density at radius 2 is 1.50 bits per heavy atom. The lowest BCUT2D eigenvalue weighted by Crippen LogP contribution is -1.94. The minimum Gasteiger partial charge on any atom is -0.259 e. The molecule has 3 rings (SSSR count). The summed E-state index contributed by atoms with van der Waals surface area (Å²) in [6, 6.07) is 7.91. The van der Waals surface area contributed by atoms with Crippen LogP contribution in [0.25, 0.3) is 22.1 Å². The molecule has 0 aliphatic heterocycles. The second-order valence-corrected chi connectivity index (χ2v) is 3.94. The average molecular weight is 209 g/mol. The van der Waals surface area contributed by atoms with Crippen LogP contribution in [-0.4, -0.2) is 15.0 Å². The van der Waals surface area contributed by atoms with E-state index in [1.807, 2.05) is 44.3 Å². The monoisotopic (exact) mass is 209 g/mol. The Bertz CT molecular complexity index is 629. The summed E-state index contributed by atoms with van der Waals surface area (Å²) in [6.07, 6.45) is 1.85. The van der Waals surface area contributed by atoms with Crippen molar-refractivity contribution in [2.45, 2.75) is 13.8 Å². The predicted molar refractivity (Wildman–Crippen MR) is 64.3 cm³/mol. The molecule has 3 heteroatoms. The fourth-order valence-corrected chi connectivity index (χ4v) is 1.84. The van der Waals surface area contributed by atoms with Gasteiger partial charge in [-0.15, -0.1) is 0 Å². The summed E-state index contributed by atoms with van der Waals surface area (Å²) in [5.74, 6) is 0. The van der Waals surface area contributed by atoms with E-state index < -0.39 is 0 Å². The van der Waals surface area contributed by atoms with Gasteiger partial charge in [0.2, 0.25) is 0 Å². The van der Waals surface area contributed by atoms with Crippen LogP contribution in [0.5, 0.6) is 0 Å². The molecule has 0 aliphatic carbocycles. The van der Waals surface area contributed by atoms with E-state index in [0.29, 0.717) is 0 Å². The molecule has 2 aromatic heterocycles. The van der Waals surface area contributed by atoms with E-state index in [4.69, 9.17) is 0 Å². The molecular weight excluding hydrogens is 198 g/mol. The van der Waals surface area contributed by atoms with Gasteiger partial charge in [-0.05, 0) is 31.5 Å². The number of benzene rings is 1. The SMILES string of the molecule is Cc1cnc(C)c2nc3ccccc3nc12. The van der Waals surface area contributed by atoms with Gasteiger partial charge < -0.3 is 0 Å². The second kappa shape index (κ2) is 3.23. The zero-order valence-electron chi connectivity index (χ0n) is 9.23. The van der Waals surface area contributed by atoms with E-state index >= 15 is 0 Å². The molecule has 0 amide bonds. The molecule has 0 saturated heterocycles. The van der Waals surface area contributed by atoms with Crippen LogP contribution in [0.2, 0.25) is 0 Å². The minimum absolute atomic E-state index is 0.902. The highest BCUT2D eigenvalue weighted by Crippen LogP contribution is 2.19. The number of aromatic nitrogens is 3. The van der Waals surface area contributed by atoms with Gasteiger partial charge in [-0.1, -0.05) is 12.1 Å². The lowest BCUT2D eigenvalue weighted by molar-refractivity contribution is 1.17. The van der Waals surface area contributed by atoms with Crippen molar-refractivity contribution in [3.8, 4) is 0 Å². The molecule has 3 nitrogen and oxygen atoms in total. The maximum Gasteiger partial charge on any atom is 0.111 e. The van der Waals surface area contributed by atoms with E-state index in [1.54, 1.807) is 0 Å². The third-order valence-electron chi connectivity index (χ3n) is 2.74. The first kappa shape index (κ1) is 9.21. The second-order valence-electron chi connectivity index (χ2n) is 3.94. The Morgan fingerprint density at radius 1 is 0.875 bits per heavy atom. The quantitative estimate of drug-likeness (QED) is 0.534. The number of aryl methyl sites for hydroxylation is 2. The van der Waals surface area contributed by atoms with Gasteiger partial charge in [0.15, 0.2) is 0 Å².